The van der Waals surface area contributed by atoms with Crippen LogP contribution in [0.5, 0.6) is 5.75 Å². The summed E-state index contributed by atoms with van der Waals surface area (Å²) in [6.45, 7) is 4.60. The highest BCUT2D eigenvalue weighted by atomic mass is 16.8. The van der Waals surface area contributed by atoms with Crippen LogP contribution >= 0.6 is 0 Å². The van der Waals surface area contributed by atoms with Crippen LogP contribution < -0.4 is 4.74 Å². The Balaban J connectivity index is 2.16. The lowest BCUT2D eigenvalue weighted by molar-refractivity contribution is -0.230. The number of rotatable bonds is 8. The number of nitrogens with zero attached hydrogens (tertiary/aromatic N) is 2. The van der Waals surface area contributed by atoms with Crippen LogP contribution in [0.25, 0.3) is 0 Å². The van der Waals surface area contributed by atoms with Crippen molar-refractivity contribution in [3.63, 3.8) is 0 Å². The van der Waals surface area contributed by atoms with Crippen molar-refractivity contribution in [1.82, 2.24) is 9.96 Å². The Kier molecular flexibility index (Phi) is 6.92. The largest absolute Gasteiger partial charge is 0.497 e. The van der Waals surface area contributed by atoms with E-state index in [9.17, 15) is 9.59 Å². The molecule has 0 aromatic heterocycles. The van der Waals surface area contributed by atoms with Crippen LogP contribution in [0.3, 0.4) is 0 Å². The maximum absolute atomic E-state index is 12.7. The van der Waals surface area contributed by atoms with Gasteiger partial charge in [-0.1, -0.05) is 26.0 Å². The van der Waals surface area contributed by atoms with Gasteiger partial charge in [0.05, 0.1) is 19.7 Å². The average Bonchev–Trinajstić information content (AvgIpc) is 2.58. The molecule has 1 saturated heterocycles. The molecule has 25 heavy (non-hydrogen) atoms. The lowest BCUT2D eigenvalue weighted by atomic mass is 9.99. The summed E-state index contributed by atoms with van der Waals surface area (Å²) in [4.78, 5) is 32.1. The standard InChI is InChI=1S/C18H26N2O5/c1-13(2)9-16-18(22)20(25-12-23-3)17(21)11-19(16)10-14-5-7-15(24-4)8-6-14/h5-8,13,16H,9-12H2,1-4H3. The molecule has 0 aliphatic carbocycles. The number of amides is 2. The maximum Gasteiger partial charge on any atom is 0.270 e. The average molecular weight is 350 g/mol. The number of piperazine rings is 1. The molecule has 1 aromatic rings. The van der Waals surface area contributed by atoms with E-state index in [0.29, 0.717) is 18.9 Å². The van der Waals surface area contributed by atoms with Crippen molar-refractivity contribution in [2.45, 2.75) is 32.9 Å². The molecular weight excluding hydrogens is 324 g/mol. The maximum atomic E-state index is 12.7. The number of hydrogen-bond donors (Lipinski definition) is 0. The molecule has 0 spiro atoms. The van der Waals surface area contributed by atoms with Crippen molar-refractivity contribution in [3.8, 4) is 5.75 Å². The van der Waals surface area contributed by atoms with E-state index >= 15 is 0 Å². The van der Waals surface area contributed by atoms with E-state index in [1.54, 1.807) is 7.11 Å². The first-order valence-corrected chi connectivity index (χ1v) is 8.32. The van der Waals surface area contributed by atoms with Crippen molar-refractivity contribution < 1.29 is 23.9 Å². The van der Waals surface area contributed by atoms with Gasteiger partial charge in [0.1, 0.15) is 5.75 Å². The number of hydrogen-bond acceptors (Lipinski definition) is 6. The second-order valence-electron chi connectivity index (χ2n) is 6.46. The molecule has 1 atom stereocenters. The molecule has 0 N–H and O–H groups in total. The van der Waals surface area contributed by atoms with Gasteiger partial charge in [-0.3, -0.25) is 14.5 Å². The van der Waals surface area contributed by atoms with Crippen LogP contribution in [-0.4, -0.2) is 55.4 Å². The van der Waals surface area contributed by atoms with Gasteiger partial charge in [-0.15, -0.1) is 5.06 Å². The van der Waals surface area contributed by atoms with E-state index in [1.807, 2.05) is 29.2 Å². The third-order valence-electron chi connectivity index (χ3n) is 4.03. The summed E-state index contributed by atoms with van der Waals surface area (Å²) in [5.41, 5.74) is 1.02. The van der Waals surface area contributed by atoms with Crippen molar-refractivity contribution in [3.05, 3.63) is 29.8 Å². The van der Waals surface area contributed by atoms with Gasteiger partial charge in [0.25, 0.3) is 11.8 Å². The van der Waals surface area contributed by atoms with Crippen LogP contribution in [-0.2, 0) is 25.7 Å². The van der Waals surface area contributed by atoms with Gasteiger partial charge in [-0.2, -0.15) is 0 Å². The van der Waals surface area contributed by atoms with Gasteiger partial charge < -0.3 is 9.47 Å². The summed E-state index contributed by atoms with van der Waals surface area (Å²) < 4.78 is 9.97. The summed E-state index contributed by atoms with van der Waals surface area (Å²) in [6, 6.07) is 7.21. The fourth-order valence-corrected chi connectivity index (χ4v) is 2.83. The Morgan fingerprint density at radius 3 is 2.40 bits per heavy atom. The van der Waals surface area contributed by atoms with Gasteiger partial charge in [0.15, 0.2) is 6.79 Å². The summed E-state index contributed by atoms with van der Waals surface area (Å²) in [6.07, 6.45) is 0.648. The minimum atomic E-state index is -0.406. The number of ether oxygens (including phenoxy) is 2. The Morgan fingerprint density at radius 1 is 1.16 bits per heavy atom. The quantitative estimate of drug-likeness (QED) is 0.526. The van der Waals surface area contributed by atoms with Crippen LogP contribution in [0, 0.1) is 5.92 Å². The Labute approximate surface area is 148 Å². The van der Waals surface area contributed by atoms with Crippen molar-refractivity contribution in [1.29, 1.82) is 0 Å². The number of benzene rings is 1. The predicted molar refractivity (Wildman–Crippen MR) is 91.5 cm³/mol. The first-order chi connectivity index (χ1) is 12.0. The lowest BCUT2D eigenvalue weighted by Gasteiger charge is -2.38. The topological polar surface area (TPSA) is 68.3 Å². The molecule has 0 radical (unpaired) electrons. The smallest absolute Gasteiger partial charge is 0.270 e. The highest BCUT2D eigenvalue weighted by Crippen LogP contribution is 2.23. The molecule has 1 aliphatic heterocycles. The fourth-order valence-electron chi connectivity index (χ4n) is 2.83. The Hall–Kier alpha value is -1.96. The van der Waals surface area contributed by atoms with Gasteiger partial charge in [0.2, 0.25) is 0 Å². The van der Waals surface area contributed by atoms with Gasteiger partial charge in [0, 0.05) is 13.7 Å². The molecule has 0 bridgehead atoms. The van der Waals surface area contributed by atoms with Crippen LogP contribution in [0.4, 0.5) is 0 Å². The molecule has 1 heterocycles. The molecular formula is C18H26N2O5. The van der Waals surface area contributed by atoms with E-state index in [2.05, 4.69) is 13.8 Å². The van der Waals surface area contributed by atoms with E-state index in [4.69, 9.17) is 14.3 Å². The van der Waals surface area contributed by atoms with Gasteiger partial charge >= 0.3 is 0 Å². The molecule has 1 unspecified atom stereocenters. The summed E-state index contributed by atoms with van der Waals surface area (Å²) in [5.74, 6) is 0.364. The third kappa shape index (κ3) is 5.01. The number of carbonyl (C=O) groups excluding carboxylic acids is 2. The van der Waals surface area contributed by atoms with Crippen molar-refractivity contribution in [2.75, 3.05) is 27.6 Å². The molecule has 7 heteroatoms. The zero-order valence-electron chi connectivity index (χ0n) is 15.2. The SMILES string of the molecule is COCON1C(=O)CN(Cc2ccc(OC)cc2)C(CC(C)C)C1=O. The molecule has 2 amide bonds. The normalized spacial score (nSPS) is 18.9. The minimum Gasteiger partial charge on any atom is -0.497 e. The first-order valence-electron chi connectivity index (χ1n) is 8.32. The first kappa shape index (κ1) is 19.4. The highest BCUT2D eigenvalue weighted by Gasteiger charge is 2.40. The number of methoxy groups -OCH3 is 2. The van der Waals surface area contributed by atoms with Crippen molar-refractivity contribution in [2.24, 2.45) is 5.92 Å². The number of hydroxylamine groups is 2. The number of carbonyl (C=O) groups is 2. The summed E-state index contributed by atoms with van der Waals surface area (Å²) in [7, 11) is 3.06. The lowest BCUT2D eigenvalue weighted by Crippen LogP contribution is -2.59. The zero-order valence-corrected chi connectivity index (χ0v) is 15.2. The fraction of sp³-hybridized carbons (Fsp3) is 0.556. The molecule has 1 aliphatic rings. The van der Waals surface area contributed by atoms with E-state index in [0.717, 1.165) is 16.4 Å². The van der Waals surface area contributed by atoms with Crippen LogP contribution in [0.1, 0.15) is 25.8 Å². The van der Waals surface area contributed by atoms with Crippen LogP contribution in [0.15, 0.2) is 24.3 Å². The molecule has 1 aromatic carbocycles. The summed E-state index contributed by atoms with van der Waals surface area (Å²) in [5, 5.41) is 0.848. The van der Waals surface area contributed by atoms with Gasteiger partial charge in [-0.05, 0) is 30.0 Å². The third-order valence-corrected chi connectivity index (χ3v) is 4.03. The predicted octanol–water partition coefficient (Wildman–Crippen LogP) is 1.82. The number of imide groups is 1. The second kappa shape index (κ2) is 8.94. The van der Waals surface area contributed by atoms with Gasteiger partial charge in [-0.25, -0.2) is 4.84 Å². The monoisotopic (exact) mass is 350 g/mol. The second-order valence-corrected chi connectivity index (χ2v) is 6.46. The molecule has 0 saturated carbocycles. The molecule has 7 nitrogen and oxygen atoms in total. The Bertz CT molecular complexity index is 588. The van der Waals surface area contributed by atoms with E-state index in [-0.39, 0.29) is 25.2 Å². The summed E-state index contributed by atoms with van der Waals surface area (Å²) >= 11 is 0. The highest BCUT2D eigenvalue weighted by molar-refractivity contribution is 5.99. The molecule has 1 fully saturated rings. The van der Waals surface area contributed by atoms with Crippen molar-refractivity contribution >= 4 is 11.8 Å². The minimum absolute atomic E-state index is 0.124. The van der Waals surface area contributed by atoms with E-state index in [1.165, 1.54) is 7.11 Å². The molecule has 2 rings (SSSR count). The van der Waals surface area contributed by atoms with E-state index < -0.39 is 6.04 Å². The van der Waals surface area contributed by atoms with Crippen LogP contribution in [0.2, 0.25) is 0 Å². The molecule has 138 valence electrons. The Morgan fingerprint density at radius 2 is 1.84 bits per heavy atom. The zero-order chi connectivity index (χ0) is 18.4.